The van der Waals surface area contributed by atoms with Crippen molar-refractivity contribution in [3.63, 3.8) is 0 Å². The first kappa shape index (κ1) is 10.1. The van der Waals surface area contributed by atoms with Gasteiger partial charge in [-0.1, -0.05) is 13.5 Å². The van der Waals surface area contributed by atoms with Crippen LogP contribution in [0.3, 0.4) is 0 Å². The third kappa shape index (κ3) is 1.40. The molecule has 0 aliphatic carbocycles. The number of aliphatic hydroxyl groups excluding tert-OH is 1. The van der Waals surface area contributed by atoms with Gasteiger partial charge in [0.1, 0.15) is 6.10 Å². The van der Waals surface area contributed by atoms with Crippen LogP contribution in [0.4, 0.5) is 0 Å². The molecule has 3 heteroatoms. The average Bonchev–Trinajstić information content (AvgIpc) is 2.42. The molecule has 0 saturated carbocycles. The minimum atomic E-state index is -0.789. The van der Waals surface area contributed by atoms with Gasteiger partial charge in [-0.25, -0.2) is 0 Å². The maximum absolute atomic E-state index is 9.93. The van der Waals surface area contributed by atoms with E-state index in [9.17, 15) is 5.11 Å². The number of hydrogen-bond acceptors (Lipinski definition) is 3. The van der Waals surface area contributed by atoms with Crippen LogP contribution >= 0.6 is 0 Å². The molecule has 2 rings (SSSR count). The first-order valence-corrected chi connectivity index (χ1v) is 5.23. The van der Waals surface area contributed by atoms with Crippen molar-refractivity contribution in [3.05, 3.63) is 12.2 Å². The zero-order valence-corrected chi connectivity index (χ0v) is 8.82. The third-order valence-electron chi connectivity index (χ3n) is 3.44. The van der Waals surface area contributed by atoms with Gasteiger partial charge < -0.3 is 14.6 Å². The summed E-state index contributed by atoms with van der Waals surface area (Å²) in [5.41, 5.74) is 0.728. The lowest BCUT2D eigenvalue weighted by atomic mass is 9.89. The van der Waals surface area contributed by atoms with Crippen molar-refractivity contribution in [2.45, 2.75) is 44.7 Å². The van der Waals surface area contributed by atoms with Gasteiger partial charge in [0.15, 0.2) is 5.79 Å². The van der Waals surface area contributed by atoms with Gasteiger partial charge in [0.2, 0.25) is 0 Å². The Morgan fingerprint density at radius 2 is 2.21 bits per heavy atom. The van der Waals surface area contributed by atoms with Gasteiger partial charge in [-0.15, -0.1) is 0 Å². The van der Waals surface area contributed by atoms with Crippen LogP contribution in [0, 0.1) is 5.92 Å². The molecule has 1 spiro atoms. The second-order valence-electron chi connectivity index (χ2n) is 4.50. The molecule has 0 radical (unpaired) electrons. The largest absolute Gasteiger partial charge is 0.383 e. The van der Waals surface area contributed by atoms with E-state index in [1.807, 2.05) is 6.92 Å². The summed E-state index contributed by atoms with van der Waals surface area (Å²) in [5, 5.41) is 9.93. The van der Waals surface area contributed by atoms with Gasteiger partial charge in [-0.05, 0) is 24.8 Å². The SMILES string of the molecule is C=C1COC2(CCC(C)C(C)O2)C1O. The lowest BCUT2D eigenvalue weighted by Crippen LogP contribution is -2.49. The summed E-state index contributed by atoms with van der Waals surface area (Å²) >= 11 is 0. The lowest BCUT2D eigenvalue weighted by Gasteiger charge is -2.41. The van der Waals surface area contributed by atoms with Gasteiger partial charge in [-0.2, -0.15) is 0 Å². The molecule has 0 aromatic heterocycles. The van der Waals surface area contributed by atoms with E-state index in [0.29, 0.717) is 12.5 Å². The predicted molar refractivity (Wildman–Crippen MR) is 52.8 cm³/mol. The highest BCUT2D eigenvalue weighted by Gasteiger charge is 2.50. The fourth-order valence-electron chi connectivity index (χ4n) is 2.14. The maximum atomic E-state index is 9.93. The first-order chi connectivity index (χ1) is 6.55. The van der Waals surface area contributed by atoms with Crippen LogP contribution in [-0.2, 0) is 9.47 Å². The fourth-order valence-corrected chi connectivity index (χ4v) is 2.14. The topological polar surface area (TPSA) is 38.7 Å². The van der Waals surface area contributed by atoms with Gasteiger partial charge in [0.05, 0.1) is 12.7 Å². The van der Waals surface area contributed by atoms with Crippen LogP contribution in [0.25, 0.3) is 0 Å². The Morgan fingerprint density at radius 3 is 2.71 bits per heavy atom. The second kappa shape index (κ2) is 3.33. The maximum Gasteiger partial charge on any atom is 0.199 e. The van der Waals surface area contributed by atoms with Crippen molar-refractivity contribution in [2.24, 2.45) is 5.92 Å². The zero-order chi connectivity index (χ0) is 10.3. The molecular weight excluding hydrogens is 180 g/mol. The number of rotatable bonds is 0. The first-order valence-electron chi connectivity index (χ1n) is 5.23. The third-order valence-corrected chi connectivity index (χ3v) is 3.44. The highest BCUT2D eigenvalue weighted by atomic mass is 16.7. The summed E-state index contributed by atoms with van der Waals surface area (Å²) < 4.78 is 11.3. The Morgan fingerprint density at radius 1 is 1.50 bits per heavy atom. The van der Waals surface area contributed by atoms with Crippen LogP contribution in [0.15, 0.2) is 12.2 Å². The molecule has 1 N–H and O–H groups in total. The van der Waals surface area contributed by atoms with Gasteiger partial charge in [0, 0.05) is 6.42 Å². The quantitative estimate of drug-likeness (QED) is 0.599. The predicted octanol–water partition coefficient (Wildman–Crippen LogP) is 1.46. The molecule has 4 atom stereocenters. The Hall–Kier alpha value is -0.380. The van der Waals surface area contributed by atoms with Crippen molar-refractivity contribution in [3.8, 4) is 0 Å². The monoisotopic (exact) mass is 198 g/mol. The van der Waals surface area contributed by atoms with Gasteiger partial charge >= 0.3 is 0 Å². The molecule has 0 bridgehead atoms. The average molecular weight is 198 g/mol. The Balaban J connectivity index is 2.14. The molecule has 14 heavy (non-hydrogen) atoms. The van der Waals surface area contributed by atoms with Crippen LogP contribution in [0.5, 0.6) is 0 Å². The van der Waals surface area contributed by atoms with E-state index < -0.39 is 11.9 Å². The highest BCUT2D eigenvalue weighted by molar-refractivity contribution is 5.14. The summed E-state index contributed by atoms with van der Waals surface area (Å²) in [6.07, 6.45) is 1.28. The zero-order valence-electron chi connectivity index (χ0n) is 8.82. The Bertz CT molecular complexity index is 251. The van der Waals surface area contributed by atoms with Gasteiger partial charge in [0.25, 0.3) is 0 Å². The van der Waals surface area contributed by atoms with Crippen LogP contribution in [0.1, 0.15) is 26.7 Å². The summed E-state index contributed by atoms with van der Waals surface area (Å²) in [4.78, 5) is 0. The van der Waals surface area contributed by atoms with Crippen molar-refractivity contribution in [1.29, 1.82) is 0 Å². The lowest BCUT2D eigenvalue weighted by molar-refractivity contribution is -0.292. The van der Waals surface area contributed by atoms with Gasteiger partial charge in [-0.3, -0.25) is 0 Å². The molecule has 0 aromatic carbocycles. The van der Waals surface area contributed by atoms with E-state index in [2.05, 4.69) is 13.5 Å². The van der Waals surface area contributed by atoms with Crippen molar-refractivity contribution >= 4 is 0 Å². The Kier molecular flexibility index (Phi) is 2.41. The van der Waals surface area contributed by atoms with E-state index in [1.165, 1.54) is 0 Å². The minimum Gasteiger partial charge on any atom is -0.383 e. The van der Waals surface area contributed by atoms with Crippen molar-refractivity contribution < 1.29 is 14.6 Å². The molecule has 3 nitrogen and oxygen atoms in total. The summed E-state index contributed by atoms with van der Waals surface area (Å²) in [6, 6.07) is 0. The van der Waals surface area contributed by atoms with E-state index in [1.54, 1.807) is 0 Å². The van der Waals surface area contributed by atoms with E-state index in [4.69, 9.17) is 9.47 Å². The summed E-state index contributed by atoms with van der Waals surface area (Å²) in [7, 11) is 0. The standard InChI is InChI=1S/C11H18O3/c1-7-4-5-11(14-9(7)3)10(12)8(2)6-13-11/h7,9-10,12H,2,4-6H2,1,3H3. The molecule has 0 amide bonds. The highest BCUT2D eigenvalue weighted by Crippen LogP contribution is 2.41. The molecule has 2 saturated heterocycles. The molecule has 2 fully saturated rings. The van der Waals surface area contributed by atoms with Crippen molar-refractivity contribution in [1.82, 2.24) is 0 Å². The summed E-state index contributed by atoms with van der Waals surface area (Å²) in [6.45, 7) is 8.38. The molecular formula is C11H18O3. The van der Waals surface area contributed by atoms with E-state index in [-0.39, 0.29) is 6.10 Å². The molecule has 80 valence electrons. The summed E-state index contributed by atoms with van der Waals surface area (Å²) in [5.74, 6) is -0.256. The normalized spacial score (nSPS) is 48.8. The second-order valence-corrected chi connectivity index (χ2v) is 4.50. The van der Waals surface area contributed by atoms with E-state index >= 15 is 0 Å². The van der Waals surface area contributed by atoms with E-state index in [0.717, 1.165) is 18.4 Å². The smallest absolute Gasteiger partial charge is 0.199 e. The number of hydrogen-bond donors (Lipinski definition) is 1. The molecule has 2 aliphatic heterocycles. The number of aliphatic hydroxyl groups is 1. The van der Waals surface area contributed by atoms with Crippen LogP contribution in [0.2, 0.25) is 0 Å². The number of ether oxygens (including phenoxy) is 2. The van der Waals surface area contributed by atoms with Crippen molar-refractivity contribution in [2.75, 3.05) is 6.61 Å². The molecule has 4 unspecified atom stereocenters. The Labute approximate surface area is 84.7 Å². The minimum absolute atomic E-state index is 0.143. The van der Waals surface area contributed by atoms with Crippen LogP contribution < -0.4 is 0 Å². The fraction of sp³-hybridized carbons (Fsp3) is 0.818. The molecule has 2 heterocycles. The van der Waals surface area contributed by atoms with Crippen LogP contribution in [-0.4, -0.2) is 29.7 Å². The molecule has 2 aliphatic rings. The molecule has 0 aromatic rings.